The average molecular weight is 259 g/mol. The van der Waals surface area contributed by atoms with Crippen molar-refractivity contribution < 1.29 is 19.4 Å². The molecule has 1 amide bonds. The number of hydrogen-bond acceptors (Lipinski definition) is 4. The van der Waals surface area contributed by atoms with Gasteiger partial charge in [0.25, 0.3) is 0 Å². The van der Waals surface area contributed by atoms with E-state index >= 15 is 0 Å². The first-order valence-electron chi connectivity index (χ1n) is 5.82. The van der Waals surface area contributed by atoms with Crippen molar-refractivity contribution in [1.82, 2.24) is 5.32 Å². The summed E-state index contributed by atoms with van der Waals surface area (Å²) in [5.74, 6) is -0.00801. The quantitative estimate of drug-likeness (QED) is 0.777. The van der Waals surface area contributed by atoms with Crippen molar-refractivity contribution in [2.45, 2.75) is 43.9 Å². The van der Waals surface area contributed by atoms with Gasteiger partial charge < -0.3 is 15.2 Å². The van der Waals surface area contributed by atoms with Crippen molar-refractivity contribution in [1.29, 1.82) is 0 Å². The van der Waals surface area contributed by atoms with E-state index in [9.17, 15) is 14.7 Å². The van der Waals surface area contributed by atoms with Gasteiger partial charge in [-0.1, -0.05) is 0 Å². The van der Waals surface area contributed by atoms with E-state index < -0.39 is 17.6 Å². The Morgan fingerprint density at radius 2 is 2.24 bits per heavy atom. The van der Waals surface area contributed by atoms with Gasteiger partial charge in [-0.25, -0.2) is 4.79 Å². The Hall–Kier alpha value is -0.750. The van der Waals surface area contributed by atoms with Crippen LogP contribution in [0.2, 0.25) is 0 Å². The highest BCUT2D eigenvalue weighted by atomic mass is 32.2. The van der Waals surface area contributed by atoms with Gasteiger partial charge in [0.15, 0.2) is 0 Å². The van der Waals surface area contributed by atoms with Crippen molar-refractivity contribution >= 4 is 23.6 Å². The van der Waals surface area contributed by atoms with Crippen molar-refractivity contribution in [2.75, 3.05) is 11.5 Å². The summed E-state index contributed by atoms with van der Waals surface area (Å²) in [7, 11) is 0. The first-order valence-corrected chi connectivity index (χ1v) is 6.97. The summed E-state index contributed by atoms with van der Waals surface area (Å²) < 4.78 is 5.45. The standard InChI is InChI=1S/C11H17NO4S/c1-7-2-3-8(16-7)9(13)12-11(10(14)15)4-5-17-6-11/h7-8H,2-6H2,1H3,(H,12,13)(H,14,15)/t7-,8+,11-/m1/s1. The van der Waals surface area contributed by atoms with Crippen LogP contribution in [0.25, 0.3) is 0 Å². The lowest BCUT2D eigenvalue weighted by Crippen LogP contribution is -2.57. The number of carbonyl (C=O) groups is 2. The Kier molecular flexibility index (Phi) is 3.63. The van der Waals surface area contributed by atoms with E-state index in [1.807, 2.05) is 6.92 Å². The first kappa shape index (κ1) is 12.7. The van der Waals surface area contributed by atoms with E-state index in [-0.39, 0.29) is 12.0 Å². The van der Waals surface area contributed by atoms with Gasteiger partial charge in [-0.3, -0.25) is 4.79 Å². The molecule has 3 atom stereocenters. The molecule has 6 heteroatoms. The fraction of sp³-hybridized carbons (Fsp3) is 0.818. The molecule has 2 rings (SSSR count). The molecule has 5 nitrogen and oxygen atoms in total. The largest absolute Gasteiger partial charge is 0.479 e. The highest BCUT2D eigenvalue weighted by Gasteiger charge is 2.45. The molecule has 0 bridgehead atoms. The van der Waals surface area contributed by atoms with Gasteiger partial charge in [-0.05, 0) is 31.9 Å². The summed E-state index contributed by atoms with van der Waals surface area (Å²) in [6, 6.07) is 0. The molecule has 0 unspecified atom stereocenters. The first-order chi connectivity index (χ1) is 8.03. The molecule has 17 heavy (non-hydrogen) atoms. The van der Waals surface area contributed by atoms with Crippen molar-refractivity contribution in [3.8, 4) is 0 Å². The van der Waals surface area contributed by atoms with Crippen LogP contribution in [0.1, 0.15) is 26.2 Å². The van der Waals surface area contributed by atoms with Crippen molar-refractivity contribution in [3.05, 3.63) is 0 Å². The molecule has 2 heterocycles. The van der Waals surface area contributed by atoms with Crippen LogP contribution in [-0.4, -0.2) is 46.2 Å². The monoisotopic (exact) mass is 259 g/mol. The zero-order chi connectivity index (χ0) is 12.5. The Balaban J connectivity index is 1.99. The molecule has 0 aromatic carbocycles. The molecule has 0 spiro atoms. The molecular weight excluding hydrogens is 242 g/mol. The molecular formula is C11H17NO4S. The van der Waals surface area contributed by atoms with Crippen LogP contribution < -0.4 is 5.32 Å². The predicted octanol–water partition coefficient (Wildman–Crippen LogP) is 0.630. The number of carbonyl (C=O) groups excluding carboxylic acids is 1. The van der Waals surface area contributed by atoms with Gasteiger partial charge in [0.2, 0.25) is 5.91 Å². The lowest BCUT2D eigenvalue weighted by Gasteiger charge is -2.26. The summed E-state index contributed by atoms with van der Waals surface area (Å²) in [5.41, 5.74) is -1.09. The molecule has 2 fully saturated rings. The maximum absolute atomic E-state index is 11.9. The van der Waals surface area contributed by atoms with E-state index in [1.165, 1.54) is 0 Å². The summed E-state index contributed by atoms with van der Waals surface area (Å²) in [5, 5.41) is 11.9. The summed E-state index contributed by atoms with van der Waals surface area (Å²) in [6.07, 6.45) is 1.63. The Morgan fingerprint density at radius 1 is 1.47 bits per heavy atom. The van der Waals surface area contributed by atoms with Crippen LogP contribution in [0.15, 0.2) is 0 Å². The molecule has 0 aromatic heterocycles. The van der Waals surface area contributed by atoms with Crippen LogP contribution >= 0.6 is 11.8 Å². The van der Waals surface area contributed by atoms with Crippen LogP contribution in [0.3, 0.4) is 0 Å². The number of rotatable bonds is 3. The van der Waals surface area contributed by atoms with Gasteiger partial charge in [0.1, 0.15) is 11.6 Å². The molecule has 0 aromatic rings. The number of carboxylic acids is 1. The van der Waals surface area contributed by atoms with Gasteiger partial charge in [0.05, 0.1) is 6.10 Å². The average Bonchev–Trinajstić information content (AvgIpc) is 2.87. The molecule has 0 aliphatic carbocycles. The molecule has 0 saturated carbocycles. The van der Waals surface area contributed by atoms with E-state index in [2.05, 4.69) is 5.32 Å². The molecule has 2 N–H and O–H groups in total. The number of nitrogens with one attached hydrogen (secondary N) is 1. The summed E-state index contributed by atoms with van der Waals surface area (Å²) in [6.45, 7) is 1.92. The zero-order valence-electron chi connectivity index (χ0n) is 9.77. The second-order valence-corrected chi connectivity index (χ2v) is 5.80. The number of amides is 1. The Labute approximate surface area is 104 Å². The zero-order valence-corrected chi connectivity index (χ0v) is 10.6. The van der Waals surface area contributed by atoms with Gasteiger partial charge >= 0.3 is 5.97 Å². The second-order valence-electron chi connectivity index (χ2n) is 4.69. The normalized spacial score (nSPS) is 37.0. The minimum Gasteiger partial charge on any atom is -0.479 e. The van der Waals surface area contributed by atoms with Crippen LogP contribution in [0.4, 0.5) is 0 Å². The second kappa shape index (κ2) is 4.86. The SMILES string of the molecule is C[C@@H]1CC[C@@H](C(=O)N[C@]2(C(=O)O)CCSC2)O1. The number of carboxylic acid groups (broad SMARTS) is 1. The topological polar surface area (TPSA) is 75.6 Å². The smallest absolute Gasteiger partial charge is 0.330 e. The highest BCUT2D eigenvalue weighted by molar-refractivity contribution is 7.99. The Bertz CT molecular complexity index is 327. The summed E-state index contributed by atoms with van der Waals surface area (Å²) >= 11 is 1.56. The molecule has 96 valence electrons. The third-order valence-corrected chi connectivity index (χ3v) is 4.51. The van der Waals surface area contributed by atoms with E-state index in [4.69, 9.17) is 4.74 Å². The van der Waals surface area contributed by atoms with E-state index in [1.54, 1.807) is 11.8 Å². The van der Waals surface area contributed by atoms with E-state index in [0.29, 0.717) is 18.6 Å². The number of ether oxygens (including phenoxy) is 1. The van der Waals surface area contributed by atoms with Crippen LogP contribution in [0, 0.1) is 0 Å². The third-order valence-electron chi connectivity index (χ3n) is 3.32. The fourth-order valence-electron chi connectivity index (χ4n) is 2.20. The predicted molar refractivity (Wildman–Crippen MR) is 64.0 cm³/mol. The molecule has 2 aliphatic rings. The van der Waals surface area contributed by atoms with Gasteiger partial charge in [0, 0.05) is 5.75 Å². The number of thioether (sulfide) groups is 1. The van der Waals surface area contributed by atoms with E-state index in [0.717, 1.165) is 12.2 Å². The molecule has 2 saturated heterocycles. The third kappa shape index (κ3) is 2.57. The minimum absolute atomic E-state index is 0.0875. The lowest BCUT2D eigenvalue weighted by atomic mass is 9.98. The van der Waals surface area contributed by atoms with Crippen LogP contribution in [-0.2, 0) is 14.3 Å². The maximum atomic E-state index is 11.9. The summed E-state index contributed by atoms with van der Waals surface area (Å²) in [4.78, 5) is 23.2. The molecule has 0 radical (unpaired) electrons. The number of hydrogen-bond donors (Lipinski definition) is 2. The van der Waals surface area contributed by atoms with Crippen molar-refractivity contribution in [2.24, 2.45) is 0 Å². The highest BCUT2D eigenvalue weighted by Crippen LogP contribution is 2.29. The fourth-order valence-corrected chi connectivity index (χ4v) is 3.52. The van der Waals surface area contributed by atoms with Crippen molar-refractivity contribution in [3.63, 3.8) is 0 Å². The number of aliphatic carboxylic acids is 1. The Morgan fingerprint density at radius 3 is 2.71 bits per heavy atom. The molecule has 2 aliphatic heterocycles. The van der Waals surface area contributed by atoms with Gasteiger partial charge in [-0.2, -0.15) is 11.8 Å². The maximum Gasteiger partial charge on any atom is 0.330 e. The van der Waals surface area contributed by atoms with Crippen LogP contribution in [0.5, 0.6) is 0 Å². The minimum atomic E-state index is -1.09. The van der Waals surface area contributed by atoms with Gasteiger partial charge in [-0.15, -0.1) is 0 Å². The lowest BCUT2D eigenvalue weighted by molar-refractivity contribution is -0.148.